The zero-order chi connectivity index (χ0) is 21.3. The predicted molar refractivity (Wildman–Crippen MR) is 114 cm³/mol. The quantitative estimate of drug-likeness (QED) is 0.469. The number of aliphatic hydroxyl groups excluding tert-OH is 1. The van der Waals surface area contributed by atoms with Crippen LogP contribution in [0.15, 0.2) is 36.9 Å². The average molecular weight is 405 g/mol. The van der Waals surface area contributed by atoms with Crippen molar-refractivity contribution in [2.24, 2.45) is 0 Å². The molecule has 4 rings (SSSR count). The van der Waals surface area contributed by atoms with Gasteiger partial charge in [0.15, 0.2) is 5.65 Å². The maximum atomic E-state index is 11.8. The fraction of sp³-hybridized carbons (Fsp3) is 0.286. The number of carbonyl (C=O) groups is 1. The lowest BCUT2D eigenvalue weighted by Crippen LogP contribution is -2.28. The minimum atomic E-state index is -0.581. The van der Waals surface area contributed by atoms with Gasteiger partial charge < -0.3 is 10.4 Å². The molecule has 9 nitrogen and oxygen atoms in total. The van der Waals surface area contributed by atoms with Crippen molar-refractivity contribution >= 4 is 28.4 Å². The second-order valence-corrected chi connectivity index (χ2v) is 7.01. The molecule has 0 bridgehead atoms. The molecule has 4 aromatic rings. The highest BCUT2D eigenvalue weighted by molar-refractivity contribution is 5.94. The monoisotopic (exact) mass is 405 g/mol. The van der Waals surface area contributed by atoms with E-state index in [1.807, 2.05) is 32.9 Å². The number of aromatic nitrogens is 5. The number of aryl methyl sites for hydroxylation is 1. The molecule has 0 radical (unpaired) electrons. The Kier molecular flexibility index (Phi) is 5.28. The second kappa shape index (κ2) is 8.03. The number of rotatable bonds is 5. The van der Waals surface area contributed by atoms with E-state index >= 15 is 0 Å². The molecular formula is C21H23N7O2. The molecule has 0 aliphatic heterocycles. The Labute approximate surface area is 173 Å². The maximum absolute atomic E-state index is 11.8. The molecule has 1 atom stereocenters. The molecule has 0 aliphatic rings. The number of nitrogens with zero attached hydrogens (tertiary/aromatic N) is 5. The number of carbonyl (C=O) groups excluding carboxylic acids is 1. The lowest BCUT2D eigenvalue weighted by atomic mass is 10.0. The fourth-order valence-corrected chi connectivity index (χ4v) is 3.41. The third kappa shape index (κ3) is 3.55. The number of hydrogen-bond acceptors (Lipinski definition) is 6. The molecule has 4 heterocycles. The molecule has 4 aromatic heterocycles. The van der Waals surface area contributed by atoms with E-state index in [1.54, 1.807) is 23.0 Å². The number of pyridine rings is 3. The molecule has 154 valence electrons. The van der Waals surface area contributed by atoms with Crippen LogP contribution in [0, 0.1) is 6.92 Å². The molecule has 0 fully saturated rings. The van der Waals surface area contributed by atoms with Gasteiger partial charge in [-0.15, -0.1) is 0 Å². The highest BCUT2D eigenvalue weighted by Crippen LogP contribution is 2.31. The van der Waals surface area contributed by atoms with Gasteiger partial charge in [0, 0.05) is 41.5 Å². The average Bonchev–Trinajstić information content (AvgIpc) is 3.23. The third-order valence-corrected chi connectivity index (χ3v) is 4.96. The standard InChI is InChI=1S/C21H23N7O2/c1-4-18(29)16-6-12(3)15(10-23-16)14-7-13-9-24-19(27-21(30)22-5-2)8-17(13)28-20(14)25-11-26-28/h6-11,18,29H,4-5H2,1-3H3,(H2,22,24,27,30)/t18-/m1/s1. The predicted octanol–water partition coefficient (Wildman–Crippen LogP) is 3.23. The van der Waals surface area contributed by atoms with Gasteiger partial charge >= 0.3 is 6.03 Å². The molecule has 0 aliphatic carbocycles. The van der Waals surface area contributed by atoms with Gasteiger partial charge in [0.05, 0.1) is 17.3 Å². The fourth-order valence-electron chi connectivity index (χ4n) is 3.41. The number of hydrogen-bond donors (Lipinski definition) is 3. The Balaban J connectivity index is 1.82. The largest absolute Gasteiger partial charge is 0.387 e. The van der Waals surface area contributed by atoms with Crippen molar-refractivity contribution in [3.05, 3.63) is 48.2 Å². The van der Waals surface area contributed by atoms with Gasteiger partial charge in [0.25, 0.3) is 0 Å². The lowest BCUT2D eigenvalue weighted by Gasteiger charge is -2.13. The van der Waals surface area contributed by atoms with Crippen molar-refractivity contribution in [2.45, 2.75) is 33.3 Å². The molecular weight excluding hydrogens is 382 g/mol. The molecule has 3 N–H and O–H groups in total. The summed E-state index contributed by atoms with van der Waals surface area (Å²) in [4.78, 5) is 25.0. The molecule has 9 heteroatoms. The number of anilines is 1. The van der Waals surface area contributed by atoms with Crippen LogP contribution in [0.4, 0.5) is 10.6 Å². The molecule has 0 spiro atoms. The van der Waals surface area contributed by atoms with E-state index in [-0.39, 0.29) is 6.03 Å². The Morgan fingerprint density at radius 2 is 1.97 bits per heavy atom. The van der Waals surface area contributed by atoms with Gasteiger partial charge in [-0.25, -0.2) is 19.3 Å². The zero-order valence-corrected chi connectivity index (χ0v) is 17.0. The Hall–Kier alpha value is -3.59. The van der Waals surface area contributed by atoms with Gasteiger partial charge in [-0.2, -0.15) is 5.10 Å². The van der Waals surface area contributed by atoms with Gasteiger partial charge in [0.1, 0.15) is 12.1 Å². The van der Waals surface area contributed by atoms with Crippen molar-refractivity contribution in [1.29, 1.82) is 0 Å². The highest BCUT2D eigenvalue weighted by Gasteiger charge is 2.16. The molecule has 0 unspecified atom stereocenters. The van der Waals surface area contributed by atoms with Crippen molar-refractivity contribution in [2.75, 3.05) is 11.9 Å². The zero-order valence-electron chi connectivity index (χ0n) is 17.0. The number of fused-ring (bicyclic) bond motifs is 3. The van der Waals surface area contributed by atoms with Crippen molar-refractivity contribution < 1.29 is 9.90 Å². The number of urea groups is 1. The summed E-state index contributed by atoms with van der Waals surface area (Å²) in [5.41, 5.74) is 4.86. The first-order valence-corrected chi connectivity index (χ1v) is 9.84. The van der Waals surface area contributed by atoms with Crippen molar-refractivity contribution in [1.82, 2.24) is 29.9 Å². The molecule has 30 heavy (non-hydrogen) atoms. The minimum Gasteiger partial charge on any atom is -0.387 e. The maximum Gasteiger partial charge on any atom is 0.320 e. The van der Waals surface area contributed by atoms with Crippen LogP contribution < -0.4 is 10.6 Å². The first kappa shape index (κ1) is 19.7. The Bertz CT molecular complexity index is 1230. The summed E-state index contributed by atoms with van der Waals surface area (Å²) < 4.78 is 1.73. The summed E-state index contributed by atoms with van der Waals surface area (Å²) >= 11 is 0. The topological polar surface area (TPSA) is 117 Å². The van der Waals surface area contributed by atoms with Crippen LogP contribution in [0.1, 0.15) is 37.6 Å². The van der Waals surface area contributed by atoms with Crippen LogP contribution in [0.5, 0.6) is 0 Å². The van der Waals surface area contributed by atoms with Gasteiger partial charge in [-0.05, 0) is 38.0 Å². The summed E-state index contributed by atoms with van der Waals surface area (Å²) in [6, 6.07) is 5.34. The summed E-state index contributed by atoms with van der Waals surface area (Å²) in [5.74, 6) is 0.425. The van der Waals surface area contributed by atoms with Crippen LogP contribution in [0.2, 0.25) is 0 Å². The summed E-state index contributed by atoms with van der Waals surface area (Å²) in [6.07, 6.45) is 4.97. The van der Waals surface area contributed by atoms with Crippen molar-refractivity contribution in [3.63, 3.8) is 0 Å². The normalized spacial score (nSPS) is 12.3. The molecule has 0 saturated carbocycles. The van der Waals surface area contributed by atoms with Crippen LogP contribution in [0.3, 0.4) is 0 Å². The molecule has 0 aromatic carbocycles. The lowest BCUT2D eigenvalue weighted by molar-refractivity contribution is 0.169. The van der Waals surface area contributed by atoms with Gasteiger partial charge in [0.2, 0.25) is 0 Å². The van der Waals surface area contributed by atoms with E-state index < -0.39 is 6.10 Å². The second-order valence-electron chi connectivity index (χ2n) is 7.01. The van der Waals surface area contributed by atoms with Crippen LogP contribution in [-0.4, -0.2) is 42.2 Å². The van der Waals surface area contributed by atoms with Gasteiger partial charge in [-0.1, -0.05) is 6.92 Å². The Morgan fingerprint density at radius 3 is 2.70 bits per heavy atom. The van der Waals surface area contributed by atoms with E-state index in [4.69, 9.17) is 0 Å². The van der Waals surface area contributed by atoms with E-state index in [0.29, 0.717) is 30.1 Å². The van der Waals surface area contributed by atoms with E-state index in [9.17, 15) is 9.90 Å². The van der Waals surface area contributed by atoms with Crippen LogP contribution in [-0.2, 0) is 0 Å². The Morgan fingerprint density at radius 1 is 1.13 bits per heavy atom. The van der Waals surface area contributed by atoms with E-state index in [2.05, 4.69) is 30.7 Å². The first-order valence-electron chi connectivity index (χ1n) is 9.84. The number of amides is 2. The highest BCUT2D eigenvalue weighted by atomic mass is 16.3. The van der Waals surface area contributed by atoms with E-state index in [0.717, 1.165) is 27.6 Å². The first-order chi connectivity index (χ1) is 14.5. The smallest absolute Gasteiger partial charge is 0.320 e. The number of aliphatic hydroxyl groups is 1. The summed E-state index contributed by atoms with van der Waals surface area (Å²) in [5, 5.41) is 20.7. The van der Waals surface area contributed by atoms with Crippen molar-refractivity contribution in [3.8, 4) is 11.1 Å². The van der Waals surface area contributed by atoms with Crippen LogP contribution in [0.25, 0.3) is 27.7 Å². The van der Waals surface area contributed by atoms with Crippen LogP contribution >= 0.6 is 0 Å². The molecule has 0 saturated heterocycles. The SMILES string of the molecule is CCNC(=O)Nc1cc2c(cn1)cc(-c1cnc([C@H](O)CC)cc1C)c1ncnn12. The van der Waals surface area contributed by atoms with Gasteiger partial charge in [-0.3, -0.25) is 10.3 Å². The van der Waals surface area contributed by atoms with E-state index in [1.165, 1.54) is 6.33 Å². The molecule has 2 amide bonds. The summed E-state index contributed by atoms with van der Waals surface area (Å²) in [6.45, 7) is 6.27. The summed E-state index contributed by atoms with van der Waals surface area (Å²) in [7, 11) is 0. The number of nitrogens with one attached hydrogen (secondary N) is 2. The minimum absolute atomic E-state index is 0.313. The third-order valence-electron chi connectivity index (χ3n) is 4.96.